The number of hydrogen-bond acceptors (Lipinski definition) is 3. The van der Waals surface area contributed by atoms with Crippen LogP contribution in [-0.2, 0) is 0 Å². The number of carbonyl (C=O) groups is 1. The van der Waals surface area contributed by atoms with E-state index < -0.39 is 0 Å². The van der Waals surface area contributed by atoms with E-state index in [4.69, 9.17) is 0 Å². The number of hydrogen-bond donors (Lipinski definition) is 2. The van der Waals surface area contributed by atoms with Crippen molar-refractivity contribution in [2.75, 3.05) is 17.2 Å². The molecule has 0 unspecified atom stereocenters. The molecule has 0 fully saturated rings. The van der Waals surface area contributed by atoms with Crippen molar-refractivity contribution in [1.29, 1.82) is 0 Å². The van der Waals surface area contributed by atoms with Crippen molar-refractivity contribution < 1.29 is 4.79 Å². The van der Waals surface area contributed by atoms with Gasteiger partial charge in [0.05, 0.1) is 0 Å². The maximum Gasteiger partial charge on any atom is 0.274 e. The summed E-state index contributed by atoms with van der Waals surface area (Å²) in [5, 5.41) is 6.27. The Morgan fingerprint density at radius 1 is 1.13 bits per heavy atom. The lowest BCUT2D eigenvalue weighted by atomic mass is 10.1. The summed E-state index contributed by atoms with van der Waals surface area (Å²) in [5.41, 5.74) is 4.40. The van der Waals surface area contributed by atoms with E-state index in [2.05, 4.69) is 28.6 Å². The van der Waals surface area contributed by atoms with E-state index in [0.717, 1.165) is 29.9 Å². The van der Waals surface area contributed by atoms with E-state index >= 15 is 0 Å². The van der Waals surface area contributed by atoms with Crippen LogP contribution in [0, 0.1) is 13.8 Å². The van der Waals surface area contributed by atoms with Gasteiger partial charge >= 0.3 is 0 Å². The highest BCUT2D eigenvalue weighted by Crippen LogP contribution is 2.17. The molecule has 122 valence electrons. The van der Waals surface area contributed by atoms with Crippen LogP contribution in [0.25, 0.3) is 0 Å². The molecule has 0 aliphatic carbocycles. The van der Waals surface area contributed by atoms with Crippen molar-refractivity contribution in [2.45, 2.75) is 40.0 Å². The van der Waals surface area contributed by atoms with Gasteiger partial charge in [-0.15, -0.1) is 0 Å². The molecule has 1 heterocycles. The summed E-state index contributed by atoms with van der Waals surface area (Å²) in [7, 11) is 0. The minimum Gasteiger partial charge on any atom is -0.385 e. The standard InChI is InChI=1S/C19H25N3O/c1-4-5-6-10-20-16-9-11-21-18(13-16)19(23)22-17-8-7-14(2)12-15(17)3/h7-9,11-13H,4-6,10H2,1-3H3,(H,20,21)(H,22,23). The lowest BCUT2D eigenvalue weighted by Crippen LogP contribution is -2.15. The van der Waals surface area contributed by atoms with Crippen LogP contribution in [0.1, 0.15) is 47.8 Å². The largest absolute Gasteiger partial charge is 0.385 e. The fraction of sp³-hybridized carbons (Fsp3) is 0.368. The average molecular weight is 311 g/mol. The minimum absolute atomic E-state index is 0.186. The Kier molecular flexibility index (Phi) is 6.15. The van der Waals surface area contributed by atoms with Crippen LogP contribution in [0.4, 0.5) is 11.4 Å². The first-order chi connectivity index (χ1) is 11.1. The van der Waals surface area contributed by atoms with Crippen LogP contribution < -0.4 is 10.6 Å². The lowest BCUT2D eigenvalue weighted by molar-refractivity contribution is 0.102. The Balaban J connectivity index is 2.01. The van der Waals surface area contributed by atoms with Gasteiger partial charge in [-0.1, -0.05) is 37.5 Å². The Hall–Kier alpha value is -2.36. The monoisotopic (exact) mass is 311 g/mol. The number of nitrogens with one attached hydrogen (secondary N) is 2. The smallest absolute Gasteiger partial charge is 0.274 e. The van der Waals surface area contributed by atoms with Crippen LogP contribution >= 0.6 is 0 Å². The third-order valence-electron chi connectivity index (χ3n) is 3.73. The van der Waals surface area contributed by atoms with Crippen molar-refractivity contribution in [3.8, 4) is 0 Å². The van der Waals surface area contributed by atoms with Gasteiger partial charge in [-0.2, -0.15) is 0 Å². The fourth-order valence-corrected chi connectivity index (χ4v) is 2.41. The zero-order valence-electron chi connectivity index (χ0n) is 14.1. The Morgan fingerprint density at radius 3 is 2.70 bits per heavy atom. The molecule has 1 amide bonds. The molecule has 2 N–H and O–H groups in total. The Labute approximate surface area is 138 Å². The quantitative estimate of drug-likeness (QED) is 0.737. The van der Waals surface area contributed by atoms with Crippen LogP contribution in [0.2, 0.25) is 0 Å². The number of aryl methyl sites for hydroxylation is 2. The SMILES string of the molecule is CCCCCNc1ccnc(C(=O)Nc2ccc(C)cc2C)c1. The van der Waals surface area contributed by atoms with Gasteiger partial charge in [0.2, 0.25) is 0 Å². The van der Waals surface area contributed by atoms with E-state index in [9.17, 15) is 4.79 Å². The number of benzene rings is 1. The first-order valence-corrected chi connectivity index (χ1v) is 8.18. The van der Waals surface area contributed by atoms with Crippen molar-refractivity contribution in [2.24, 2.45) is 0 Å². The van der Waals surface area contributed by atoms with E-state index in [1.54, 1.807) is 12.3 Å². The van der Waals surface area contributed by atoms with Gasteiger partial charge in [0.1, 0.15) is 5.69 Å². The summed E-state index contributed by atoms with van der Waals surface area (Å²) < 4.78 is 0. The molecule has 0 saturated heterocycles. The number of nitrogens with zero attached hydrogens (tertiary/aromatic N) is 1. The van der Waals surface area contributed by atoms with Gasteiger partial charge in [0.25, 0.3) is 5.91 Å². The average Bonchev–Trinajstić information content (AvgIpc) is 2.54. The third kappa shape index (κ3) is 5.09. The Morgan fingerprint density at radius 2 is 1.96 bits per heavy atom. The molecule has 0 radical (unpaired) electrons. The molecule has 1 aromatic heterocycles. The zero-order valence-corrected chi connectivity index (χ0v) is 14.1. The predicted molar refractivity (Wildman–Crippen MR) is 96.1 cm³/mol. The van der Waals surface area contributed by atoms with Gasteiger partial charge < -0.3 is 10.6 Å². The molecule has 0 aliphatic heterocycles. The second kappa shape index (κ2) is 8.32. The van der Waals surface area contributed by atoms with Gasteiger partial charge in [-0.25, -0.2) is 0 Å². The molecule has 0 bridgehead atoms. The van der Waals surface area contributed by atoms with Crippen LogP contribution in [0.3, 0.4) is 0 Å². The first kappa shape index (κ1) is 17.0. The molecule has 23 heavy (non-hydrogen) atoms. The summed E-state index contributed by atoms with van der Waals surface area (Å²) in [6.45, 7) is 7.12. The number of anilines is 2. The number of aromatic nitrogens is 1. The van der Waals surface area contributed by atoms with Gasteiger partial charge in [-0.05, 0) is 44.0 Å². The highest BCUT2D eigenvalue weighted by atomic mass is 16.1. The van der Waals surface area contributed by atoms with Crippen LogP contribution in [0.5, 0.6) is 0 Å². The van der Waals surface area contributed by atoms with Crippen molar-refractivity contribution in [1.82, 2.24) is 4.98 Å². The number of carbonyl (C=O) groups excluding carboxylic acids is 1. The maximum atomic E-state index is 12.4. The molecule has 0 saturated carbocycles. The zero-order chi connectivity index (χ0) is 16.7. The summed E-state index contributed by atoms with van der Waals surface area (Å²) in [5.74, 6) is -0.186. The first-order valence-electron chi connectivity index (χ1n) is 8.18. The molecule has 1 aromatic carbocycles. The molecular formula is C19H25N3O. The molecule has 0 atom stereocenters. The second-order valence-corrected chi connectivity index (χ2v) is 5.84. The summed E-state index contributed by atoms with van der Waals surface area (Å²) in [4.78, 5) is 16.6. The second-order valence-electron chi connectivity index (χ2n) is 5.84. The molecule has 2 aromatic rings. The van der Waals surface area contributed by atoms with Gasteiger partial charge in [0, 0.05) is 24.1 Å². The van der Waals surface area contributed by atoms with E-state index in [-0.39, 0.29) is 5.91 Å². The molecule has 0 spiro atoms. The summed E-state index contributed by atoms with van der Waals surface area (Å²) in [6, 6.07) is 9.65. The summed E-state index contributed by atoms with van der Waals surface area (Å²) in [6.07, 6.45) is 5.20. The highest BCUT2D eigenvalue weighted by Gasteiger charge is 2.10. The molecule has 4 heteroatoms. The van der Waals surface area contributed by atoms with Crippen molar-refractivity contribution in [3.63, 3.8) is 0 Å². The van der Waals surface area contributed by atoms with Crippen molar-refractivity contribution in [3.05, 3.63) is 53.3 Å². The van der Waals surface area contributed by atoms with E-state index in [0.29, 0.717) is 5.69 Å². The number of pyridine rings is 1. The van der Waals surface area contributed by atoms with E-state index in [1.165, 1.54) is 18.4 Å². The third-order valence-corrected chi connectivity index (χ3v) is 3.73. The molecule has 2 rings (SSSR count). The minimum atomic E-state index is -0.186. The topological polar surface area (TPSA) is 54.0 Å². The number of amides is 1. The van der Waals surface area contributed by atoms with E-state index in [1.807, 2.05) is 32.0 Å². The number of rotatable bonds is 7. The van der Waals surface area contributed by atoms with Crippen LogP contribution in [0.15, 0.2) is 36.5 Å². The Bertz CT molecular complexity index is 667. The van der Waals surface area contributed by atoms with Crippen LogP contribution in [-0.4, -0.2) is 17.4 Å². The molecule has 0 aliphatic rings. The molecular weight excluding hydrogens is 286 g/mol. The molecule has 4 nitrogen and oxygen atoms in total. The fourth-order valence-electron chi connectivity index (χ4n) is 2.41. The lowest BCUT2D eigenvalue weighted by Gasteiger charge is -2.10. The maximum absolute atomic E-state index is 12.4. The summed E-state index contributed by atoms with van der Waals surface area (Å²) >= 11 is 0. The number of unbranched alkanes of at least 4 members (excludes halogenated alkanes) is 2. The predicted octanol–water partition coefficient (Wildman–Crippen LogP) is 4.55. The normalized spacial score (nSPS) is 10.4. The van der Waals surface area contributed by atoms with Crippen molar-refractivity contribution >= 4 is 17.3 Å². The highest BCUT2D eigenvalue weighted by molar-refractivity contribution is 6.03. The van der Waals surface area contributed by atoms with Gasteiger partial charge in [-0.3, -0.25) is 9.78 Å². The van der Waals surface area contributed by atoms with Gasteiger partial charge in [0.15, 0.2) is 0 Å².